The predicted octanol–water partition coefficient (Wildman–Crippen LogP) is 2.37. The van der Waals surface area contributed by atoms with Gasteiger partial charge in [0.2, 0.25) is 0 Å². The Bertz CT molecular complexity index is 774. The standard InChI is InChI=1S/C16H20N4O3S/c1-10-12(24-14(18-10)11-8-17-20(2)9-11)13(21)19-16(15(22)23)6-4-3-5-7-16/h8-9H,3-7H2,1-2H3,(H,19,21)(H,22,23). The van der Waals surface area contributed by atoms with E-state index in [0.29, 0.717) is 28.4 Å². The molecule has 1 aliphatic carbocycles. The van der Waals surface area contributed by atoms with Crippen LogP contribution >= 0.6 is 11.3 Å². The lowest BCUT2D eigenvalue weighted by Crippen LogP contribution is -2.55. The Labute approximate surface area is 143 Å². The van der Waals surface area contributed by atoms with Crippen LogP contribution in [-0.4, -0.2) is 37.3 Å². The number of aromatic nitrogens is 3. The fourth-order valence-electron chi connectivity index (χ4n) is 3.08. The topological polar surface area (TPSA) is 97.1 Å². The normalized spacial score (nSPS) is 16.8. The molecule has 0 saturated heterocycles. The number of hydrogen-bond acceptors (Lipinski definition) is 5. The van der Waals surface area contributed by atoms with Gasteiger partial charge in [-0.2, -0.15) is 5.10 Å². The molecule has 128 valence electrons. The van der Waals surface area contributed by atoms with Gasteiger partial charge in [0.25, 0.3) is 5.91 Å². The van der Waals surface area contributed by atoms with Crippen molar-refractivity contribution in [3.05, 3.63) is 23.0 Å². The van der Waals surface area contributed by atoms with E-state index in [1.165, 1.54) is 11.3 Å². The third-order valence-corrected chi connectivity index (χ3v) is 5.63. The molecule has 3 rings (SSSR count). The average Bonchev–Trinajstić information content (AvgIpc) is 3.14. The minimum Gasteiger partial charge on any atom is -0.480 e. The van der Waals surface area contributed by atoms with Gasteiger partial charge in [0, 0.05) is 18.8 Å². The molecule has 0 spiro atoms. The maximum atomic E-state index is 12.7. The number of aliphatic carboxylic acids is 1. The first-order chi connectivity index (χ1) is 11.4. The maximum absolute atomic E-state index is 12.7. The largest absolute Gasteiger partial charge is 0.480 e. The molecular weight excluding hydrogens is 328 g/mol. The molecule has 0 atom stereocenters. The Kier molecular flexibility index (Phi) is 4.40. The molecule has 1 aliphatic rings. The van der Waals surface area contributed by atoms with Crippen molar-refractivity contribution in [1.29, 1.82) is 0 Å². The van der Waals surface area contributed by atoms with E-state index in [1.807, 2.05) is 13.2 Å². The van der Waals surface area contributed by atoms with Gasteiger partial charge in [0.05, 0.1) is 11.9 Å². The van der Waals surface area contributed by atoms with Gasteiger partial charge in [0.15, 0.2) is 0 Å². The first-order valence-corrected chi connectivity index (χ1v) is 8.75. The molecule has 7 nitrogen and oxygen atoms in total. The Morgan fingerprint density at radius 2 is 2.04 bits per heavy atom. The summed E-state index contributed by atoms with van der Waals surface area (Å²) in [6, 6.07) is 0. The number of carboxylic acids is 1. The number of aryl methyl sites for hydroxylation is 2. The van der Waals surface area contributed by atoms with Gasteiger partial charge in [0.1, 0.15) is 15.4 Å². The second-order valence-corrected chi connectivity index (χ2v) is 7.24. The number of hydrogen-bond donors (Lipinski definition) is 2. The zero-order chi connectivity index (χ0) is 17.3. The molecule has 2 heterocycles. The van der Waals surface area contributed by atoms with Crippen LogP contribution < -0.4 is 5.32 Å². The second kappa shape index (κ2) is 6.35. The van der Waals surface area contributed by atoms with Crippen molar-refractivity contribution >= 4 is 23.2 Å². The molecule has 0 aliphatic heterocycles. The molecule has 0 aromatic carbocycles. The molecule has 0 unspecified atom stereocenters. The van der Waals surface area contributed by atoms with Crippen LogP contribution in [0.2, 0.25) is 0 Å². The van der Waals surface area contributed by atoms with Crippen molar-refractivity contribution < 1.29 is 14.7 Å². The highest BCUT2D eigenvalue weighted by molar-refractivity contribution is 7.17. The fourth-order valence-corrected chi connectivity index (χ4v) is 4.02. The van der Waals surface area contributed by atoms with Crippen molar-refractivity contribution in [3.63, 3.8) is 0 Å². The Hall–Kier alpha value is -2.22. The van der Waals surface area contributed by atoms with Gasteiger partial charge < -0.3 is 10.4 Å². The summed E-state index contributed by atoms with van der Waals surface area (Å²) in [4.78, 5) is 29.3. The molecule has 1 fully saturated rings. The lowest BCUT2D eigenvalue weighted by atomic mass is 9.81. The van der Waals surface area contributed by atoms with Crippen molar-refractivity contribution in [3.8, 4) is 10.6 Å². The van der Waals surface area contributed by atoms with E-state index in [4.69, 9.17) is 0 Å². The van der Waals surface area contributed by atoms with Gasteiger partial charge in [-0.25, -0.2) is 9.78 Å². The predicted molar refractivity (Wildman–Crippen MR) is 90.0 cm³/mol. The van der Waals surface area contributed by atoms with Crippen LogP contribution in [0, 0.1) is 6.92 Å². The van der Waals surface area contributed by atoms with Crippen LogP contribution in [0.3, 0.4) is 0 Å². The quantitative estimate of drug-likeness (QED) is 0.884. The minimum absolute atomic E-state index is 0.357. The van der Waals surface area contributed by atoms with Gasteiger partial charge in [-0.1, -0.05) is 19.3 Å². The van der Waals surface area contributed by atoms with E-state index in [1.54, 1.807) is 17.8 Å². The summed E-state index contributed by atoms with van der Waals surface area (Å²) in [5.74, 6) is -1.31. The number of rotatable bonds is 4. The van der Waals surface area contributed by atoms with E-state index in [0.717, 1.165) is 24.8 Å². The molecule has 0 bridgehead atoms. The molecule has 1 saturated carbocycles. The summed E-state index contributed by atoms with van der Waals surface area (Å²) in [6.07, 6.45) is 7.11. The Balaban J connectivity index is 1.84. The number of thiazole rings is 1. The number of carbonyl (C=O) groups excluding carboxylic acids is 1. The Morgan fingerprint density at radius 3 is 2.62 bits per heavy atom. The van der Waals surface area contributed by atoms with Gasteiger partial charge in [-0.3, -0.25) is 9.48 Å². The third kappa shape index (κ3) is 3.06. The summed E-state index contributed by atoms with van der Waals surface area (Å²) in [5, 5.41) is 17.2. The van der Waals surface area contributed by atoms with E-state index in [9.17, 15) is 14.7 Å². The zero-order valence-electron chi connectivity index (χ0n) is 13.7. The van der Waals surface area contributed by atoms with Crippen LogP contribution in [0.1, 0.15) is 47.5 Å². The first-order valence-electron chi connectivity index (χ1n) is 7.94. The maximum Gasteiger partial charge on any atom is 0.329 e. The van der Waals surface area contributed by atoms with Crippen molar-refractivity contribution in [1.82, 2.24) is 20.1 Å². The van der Waals surface area contributed by atoms with Crippen LogP contribution in [-0.2, 0) is 11.8 Å². The smallest absolute Gasteiger partial charge is 0.329 e. The molecule has 24 heavy (non-hydrogen) atoms. The van der Waals surface area contributed by atoms with E-state index in [2.05, 4.69) is 15.4 Å². The summed E-state index contributed by atoms with van der Waals surface area (Å²) in [7, 11) is 1.82. The van der Waals surface area contributed by atoms with Crippen molar-refractivity contribution in [2.75, 3.05) is 0 Å². The molecule has 0 radical (unpaired) electrons. The number of carboxylic acid groups (broad SMARTS) is 1. The summed E-state index contributed by atoms with van der Waals surface area (Å²) < 4.78 is 1.67. The highest BCUT2D eigenvalue weighted by atomic mass is 32.1. The fraction of sp³-hybridized carbons (Fsp3) is 0.500. The highest BCUT2D eigenvalue weighted by Crippen LogP contribution is 2.31. The van der Waals surface area contributed by atoms with Gasteiger partial charge in [-0.05, 0) is 19.8 Å². The SMILES string of the molecule is Cc1nc(-c2cnn(C)c2)sc1C(=O)NC1(C(=O)O)CCCCC1. The molecule has 8 heteroatoms. The van der Waals surface area contributed by atoms with E-state index in [-0.39, 0.29) is 5.91 Å². The van der Waals surface area contributed by atoms with E-state index < -0.39 is 11.5 Å². The lowest BCUT2D eigenvalue weighted by Gasteiger charge is -2.33. The van der Waals surface area contributed by atoms with Gasteiger partial charge >= 0.3 is 5.97 Å². The van der Waals surface area contributed by atoms with Crippen molar-refractivity contribution in [2.24, 2.45) is 7.05 Å². The second-order valence-electron chi connectivity index (χ2n) is 6.24. The minimum atomic E-state index is -1.15. The molecule has 2 aromatic heterocycles. The monoisotopic (exact) mass is 348 g/mol. The van der Waals surface area contributed by atoms with Crippen LogP contribution in [0.25, 0.3) is 10.6 Å². The van der Waals surface area contributed by atoms with Crippen molar-refractivity contribution in [2.45, 2.75) is 44.6 Å². The van der Waals surface area contributed by atoms with E-state index >= 15 is 0 Å². The number of nitrogens with one attached hydrogen (secondary N) is 1. The average molecular weight is 348 g/mol. The van der Waals surface area contributed by atoms with Crippen LogP contribution in [0.5, 0.6) is 0 Å². The highest BCUT2D eigenvalue weighted by Gasteiger charge is 2.41. The first kappa shape index (κ1) is 16.6. The summed E-state index contributed by atoms with van der Waals surface area (Å²) >= 11 is 1.26. The van der Waals surface area contributed by atoms with Gasteiger partial charge in [-0.15, -0.1) is 11.3 Å². The molecule has 2 N–H and O–H groups in total. The number of nitrogens with zero attached hydrogens (tertiary/aromatic N) is 3. The summed E-state index contributed by atoms with van der Waals surface area (Å²) in [5.41, 5.74) is 0.295. The van der Waals surface area contributed by atoms with Crippen LogP contribution in [0.15, 0.2) is 12.4 Å². The molecule has 2 aromatic rings. The van der Waals surface area contributed by atoms with Crippen LogP contribution in [0.4, 0.5) is 0 Å². The lowest BCUT2D eigenvalue weighted by molar-refractivity contribution is -0.145. The molecular formula is C16H20N4O3S. The zero-order valence-corrected chi connectivity index (χ0v) is 14.5. The third-order valence-electron chi connectivity index (χ3n) is 4.42. The summed E-state index contributed by atoms with van der Waals surface area (Å²) in [6.45, 7) is 1.76. The Morgan fingerprint density at radius 1 is 1.33 bits per heavy atom. The number of carbonyl (C=O) groups is 2. The molecule has 1 amide bonds. The number of amides is 1.